The van der Waals surface area contributed by atoms with Gasteiger partial charge in [0.05, 0.1) is 22.1 Å². The highest BCUT2D eigenvalue weighted by Gasteiger charge is 2.25. The number of fused-ring (bicyclic) bond motifs is 9. The van der Waals surface area contributed by atoms with E-state index in [0.29, 0.717) is 0 Å². The molecule has 6 aromatic carbocycles. The molecule has 10 rings (SSSR count). The summed E-state index contributed by atoms with van der Waals surface area (Å²) >= 11 is 0. The smallest absolute Gasteiger partial charge is 0.136 e. The lowest BCUT2D eigenvalue weighted by molar-refractivity contribution is 0.669. The maximum absolute atomic E-state index is 6.34. The number of furan rings is 1. The summed E-state index contributed by atoms with van der Waals surface area (Å²) in [6.45, 7) is 0. The first-order chi connectivity index (χ1) is 19.8. The van der Waals surface area contributed by atoms with Gasteiger partial charge in [0.2, 0.25) is 0 Å². The van der Waals surface area contributed by atoms with Gasteiger partial charge in [-0.1, -0.05) is 78.9 Å². The van der Waals surface area contributed by atoms with Gasteiger partial charge in [0, 0.05) is 50.3 Å². The Hall–Kier alpha value is -5.28. The Bertz CT molecular complexity index is 2660. The van der Waals surface area contributed by atoms with Crippen molar-refractivity contribution in [2.45, 2.75) is 0 Å². The van der Waals surface area contributed by atoms with E-state index in [9.17, 15) is 0 Å². The average molecular weight is 511 g/mol. The molecule has 186 valence electrons. The molecule has 10 aromatic rings. The van der Waals surface area contributed by atoms with E-state index in [-0.39, 0.29) is 0 Å². The van der Waals surface area contributed by atoms with Crippen LogP contribution < -0.4 is 0 Å². The third kappa shape index (κ3) is 2.30. The van der Waals surface area contributed by atoms with E-state index in [1.165, 1.54) is 76.4 Å². The first kappa shape index (κ1) is 20.7. The van der Waals surface area contributed by atoms with E-state index in [4.69, 9.17) is 4.42 Å². The molecule has 0 saturated carbocycles. The lowest BCUT2D eigenvalue weighted by Gasteiger charge is -2.10. The van der Waals surface area contributed by atoms with Gasteiger partial charge < -0.3 is 13.4 Å². The van der Waals surface area contributed by atoms with Crippen molar-refractivity contribution in [2.75, 3.05) is 0 Å². The molecule has 0 aliphatic carbocycles. The van der Waals surface area contributed by atoms with E-state index in [2.05, 4.69) is 125 Å². The molecule has 0 aliphatic heterocycles. The third-order valence-corrected chi connectivity index (χ3v) is 9.06. The predicted octanol–water partition coefficient (Wildman–Crippen LogP) is 10.0. The highest BCUT2D eigenvalue weighted by atomic mass is 16.3. The summed E-state index contributed by atoms with van der Waals surface area (Å²) in [6.07, 6.45) is 0. The lowest BCUT2D eigenvalue weighted by Crippen LogP contribution is -1.91. The normalized spacial score (nSPS) is 12.6. The molecule has 0 radical (unpaired) electrons. The van der Waals surface area contributed by atoms with Crippen molar-refractivity contribution in [3.63, 3.8) is 0 Å². The highest BCUT2D eigenvalue weighted by Crippen LogP contribution is 2.49. The van der Waals surface area contributed by atoms with E-state index < -0.39 is 0 Å². The monoisotopic (exact) mass is 510 g/mol. The molecule has 0 bridgehead atoms. The Balaban J connectivity index is 1.58. The number of para-hydroxylation sites is 3. The third-order valence-electron chi connectivity index (χ3n) is 9.06. The van der Waals surface area contributed by atoms with Crippen molar-refractivity contribution < 1.29 is 4.42 Å². The molecule has 0 unspecified atom stereocenters. The number of aromatic nitrogens is 2. The Morgan fingerprint density at radius 3 is 1.98 bits per heavy atom. The van der Waals surface area contributed by atoms with E-state index in [1.807, 2.05) is 6.07 Å². The van der Waals surface area contributed by atoms with Crippen LogP contribution in [0.1, 0.15) is 0 Å². The van der Waals surface area contributed by atoms with E-state index in [0.717, 1.165) is 16.6 Å². The van der Waals surface area contributed by atoms with E-state index >= 15 is 0 Å². The first-order valence-corrected chi connectivity index (χ1v) is 13.8. The second-order valence-electron chi connectivity index (χ2n) is 10.9. The fraction of sp³-hybridized carbons (Fsp3) is 0.0270. The maximum Gasteiger partial charge on any atom is 0.136 e. The number of hydrogen-bond acceptors (Lipinski definition) is 1. The second kappa shape index (κ2) is 7.02. The van der Waals surface area contributed by atoms with Crippen LogP contribution in [-0.4, -0.2) is 8.97 Å². The molecule has 0 amide bonds. The number of aryl methyl sites for hydroxylation is 1. The quantitative estimate of drug-likeness (QED) is 0.215. The van der Waals surface area contributed by atoms with Gasteiger partial charge in [-0.25, -0.2) is 0 Å². The van der Waals surface area contributed by atoms with Crippen molar-refractivity contribution in [1.82, 2.24) is 8.97 Å². The van der Waals surface area contributed by atoms with Gasteiger partial charge in [-0.15, -0.1) is 0 Å². The zero-order valence-corrected chi connectivity index (χ0v) is 21.8. The Kier molecular flexibility index (Phi) is 3.62. The summed E-state index contributed by atoms with van der Waals surface area (Å²) in [7, 11) is 2.21. The summed E-state index contributed by atoms with van der Waals surface area (Å²) < 4.78 is 11.2. The molecule has 3 nitrogen and oxygen atoms in total. The number of hydrogen-bond donors (Lipinski definition) is 0. The molecule has 0 atom stereocenters. The molecule has 4 heterocycles. The fourth-order valence-electron chi connectivity index (χ4n) is 7.46. The molecule has 0 aliphatic rings. The zero-order valence-electron chi connectivity index (χ0n) is 21.8. The van der Waals surface area contributed by atoms with Gasteiger partial charge in [-0.2, -0.15) is 0 Å². The van der Waals surface area contributed by atoms with Gasteiger partial charge >= 0.3 is 0 Å². The summed E-state index contributed by atoms with van der Waals surface area (Å²) in [4.78, 5) is 0. The standard InChI is InChI=1S/C37H22N2O/c1-38-29-17-8-13-22-21-10-2-5-15-27(21)39-28-16-6-3-11-24(28)34-26(20-30(38)36(35(22)29)37(34)39)23-14-9-19-32-33(23)25-12-4-7-18-31(25)40-32/h2-20H,1H3. The van der Waals surface area contributed by atoms with Gasteiger partial charge in [-0.3, -0.25) is 0 Å². The fourth-order valence-corrected chi connectivity index (χ4v) is 7.46. The summed E-state index contributed by atoms with van der Waals surface area (Å²) in [6, 6.07) is 41.8. The van der Waals surface area contributed by atoms with Crippen molar-refractivity contribution >= 4 is 81.8 Å². The van der Waals surface area contributed by atoms with Crippen LogP contribution in [0.25, 0.3) is 93.0 Å². The van der Waals surface area contributed by atoms with Crippen LogP contribution in [0.2, 0.25) is 0 Å². The van der Waals surface area contributed by atoms with Crippen LogP contribution in [0.4, 0.5) is 0 Å². The van der Waals surface area contributed by atoms with Crippen LogP contribution in [0.5, 0.6) is 0 Å². The molecular weight excluding hydrogens is 488 g/mol. The molecule has 0 saturated heterocycles. The minimum Gasteiger partial charge on any atom is -0.456 e. The predicted molar refractivity (Wildman–Crippen MR) is 168 cm³/mol. The van der Waals surface area contributed by atoms with Crippen molar-refractivity contribution in [2.24, 2.45) is 7.05 Å². The molecule has 0 spiro atoms. The molecule has 0 N–H and O–H groups in total. The van der Waals surface area contributed by atoms with Crippen molar-refractivity contribution in [3.8, 4) is 11.1 Å². The summed E-state index contributed by atoms with van der Waals surface area (Å²) in [5.41, 5.74) is 10.5. The van der Waals surface area contributed by atoms with E-state index in [1.54, 1.807) is 0 Å². The number of nitrogens with zero attached hydrogens (tertiary/aromatic N) is 2. The Morgan fingerprint density at radius 1 is 0.450 bits per heavy atom. The highest BCUT2D eigenvalue weighted by molar-refractivity contribution is 6.35. The van der Waals surface area contributed by atoms with Crippen LogP contribution in [0.15, 0.2) is 120 Å². The lowest BCUT2D eigenvalue weighted by atomic mass is 9.93. The van der Waals surface area contributed by atoms with Gasteiger partial charge in [-0.05, 0) is 52.9 Å². The number of rotatable bonds is 1. The zero-order chi connectivity index (χ0) is 26.1. The van der Waals surface area contributed by atoms with Crippen molar-refractivity contribution in [3.05, 3.63) is 115 Å². The minimum absolute atomic E-state index is 0.921. The van der Waals surface area contributed by atoms with Gasteiger partial charge in [0.1, 0.15) is 11.2 Å². The van der Waals surface area contributed by atoms with Crippen molar-refractivity contribution in [1.29, 1.82) is 0 Å². The molecular formula is C37H22N2O. The van der Waals surface area contributed by atoms with Crippen LogP contribution in [0, 0.1) is 0 Å². The minimum atomic E-state index is 0.921. The summed E-state index contributed by atoms with van der Waals surface area (Å²) in [5.74, 6) is 0. The van der Waals surface area contributed by atoms with Gasteiger partial charge in [0.25, 0.3) is 0 Å². The Labute approximate surface area is 228 Å². The van der Waals surface area contributed by atoms with Crippen LogP contribution >= 0.6 is 0 Å². The number of benzene rings is 6. The first-order valence-electron chi connectivity index (χ1n) is 13.8. The molecule has 3 heteroatoms. The average Bonchev–Trinajstić information content (AvgIpc) is 3.62. The largest absolute Gasteiger partial charge is 0.456 e. The summed E-state index contributed by atoms with van der Waals surface area (Å²) in [5, 5.41) is 10.1. The van der Waals surface area contributed by atoms with Crippen LogP contribution in [0.3, 0.4) is 0 Å². The molecule has 4 aromatic heterocycles. The Morgan fingerprint density at radius 2 is 1.10 bits per heavy atom. The maximum atomic E-state index is 6.34. The topological polar surface area (TPSA) is 22.5 Å². The molecule has 0 fully saturated rings. The molecule has 40 heavy (non-hydrogen) atoms. The van der Waals surface area contributed by atoms with Gasteiger partial charge in [0.15, 0.2) is 0 Å². The SMILES string of the molecule is Cn1c2cccc3c4ccccc4n4c5ccccc5c5c(-c6cccc7oc8ccccc8c67)cc1c(c32)c54. The second-order valence-corrected chi connectivity index (χ2v) is 10.9. The van der Waals surface area contributed by atoms with Crippen LogP contribution in [-0.2, 0) is 7.05 Å².